The molecule has 2 atom stereocenters. The predicted octanol–water partition coefficient (Wildman–Crippen LogP) is 6.25. The first-order chi connectivity index (χ1) is 22.0. The van der Waals surface area contributed by atoms with Crippen LogP contribution in [0.3, 0.4) is 0 Å². The lowest BCUT2D eigenvalue weighted by molar-refractivity contribution is -0.122. The number of rotatable bonds is 6. The second kappa shape index (κ2) is 11.6. The molecule has 1 N–H and O–H groups in total. The highest BCUT2D eigenvalue weighted by Crippen LogP contribution is 2.50. The summed E-state index contributed by atoms with van der Waals surface area (Å²) in [5.74, 6) is -0.259. The van der Waals surface area contributed by atoms with Crippen LogP contribution in [0.25, 0.3) is 6.08 Å². The molecule has 3 heterocycles. The fourth-order valence-corrected chi connectivity index (χ4v) is 6.95. The zero-order valence-electron chi connectivity index (χ0n) is 25.2. The number of hydrogen-bond acceptors (Lipinski definition) is 6. The van der Waals surface area contributed by atoms with Gasteiger partial charge in [-0.3, -0.25) is 14.9 Å². The minimum Gasteiger partial charge on any atom is -0.497 e. The number of hydrogen-bond donors (Lipinski definition) is 1. The molecular weight excluding hydrogens is 566 g/mol. The molecule has 7 rings (SSSR count). The van der Waals surface area contributed by atoms with E-state index >= 15 is 0 Å². The van der Waals surface area contributed by atoms with E-state index in [9.17, 15) is 14.4 Å². The van der Waals surface area contributed by atoms with Gasteiger partial charge in [0.25, 0.3) is 11.8 Å². The number of nitrogens with zero attached hydrogens (tertiary/aromatic N) is 2. The molecule has 0 unspecified atom stereocenters. The molecule has 4 amide bonds. The molecule has 8 nitrogen and oxygen atoms in total. The van der Waals surface area contributed by atoms with Gasteiger partial charge in [-0.05, 0) is 65.4 Å². The Morgan fingerprint density at radius 3 is 1.91 bits per heavy atom. The lowest BCUT2D eigenvalue weighted by Gasteiger charge is -2.44. The number of barbiturate groups is 1. The highest BCUT2D eigenvalue weighted by atomic mass is 16.5. The average Bonchev–Trinajstić information content (AvgIpc) is 3.07. The molecule has 45 heavy (non-hydrogen) atoms. The number of nitrogens with one attached hydrogen (secondary N) is 1. The van der Waals surface area contributed by atoms with Crippen LogP contribution in [0.4, 0.5) is 16.2 Å². The Hall–Kier alpha value is -5.37. The maximum absolute atomic E-state index is 14.1. The van der Waals surface area contributed by atoms with E-state index in [0.29, 0.717) is 22.7 Å². The van der Waals surface area contributed by atoms with Gasteiger partial charge in [-0.25, -0.2) is 9.69 Å². The van der Waals surface area contributed by atoms with Gasteiger partial charge in [-0.1, -0.05) is 60.7 Å². The van der Waals surface area contributed by atoms with Crippen molar-refractivity contribution >= 4 is 35.3 Å². The van der Waals surface area contributed by atoms with E-state index in [4.69, 9.17) is 9.47 Å². The van der Waals surface area contributed by atoms with Gasteiger partial charge in [-0.2, -0.15) is 0 Å². The Kier molecular flexibility index (Phi) is 7.33. The summed E-state index contributed by atoms with van der Waals surface area (Å²) in [7, 11) is 3.05. The van der Waals surface area contributed by atoms with E-state index in [0.717, 1.165) is 42.0 Å². The molecule has 0 aromatic heterocycles. The van der Waals surface area contributed by atoms with Crippen molar-refractivity contribution in [3.63, 3.8) is 0 Å². The molecule has 0 spiro atoms. The molecular formula is C37H33N3O5. The van der Waals surface area contributed by atoms with Crippen LogP contribution in [0, 0.1) is 0 Å². The Morgan fingerprint density at radius 1 is 0.756 bits per heavy atom. The third kappa shape index (κ3) is 5.02. The second-order valence-corrected chi connectivity index (χ2v) is 11.5. The summed E-state index contributed by atoms with van der Waals surface area (Å²) >= 11 is 0. The van der Waals surface area contributed by atoms with Crippen LogP contribution >= 0.6 is 0 Å². The topological polar surface area (TPSA) is 88.2 Å². The number of carbonyl (C=O) groups excluding carboxylic acids is 3. The fraction of sp³-hybridized carbons (Fsp3) is 0.216. The van der Waals surface area contributed by atoms with Crippen molar-refractivity contribution in [3.05, 3.63) is 124 Å². The summed E-state index contributed by atoms with van der Waals surface area (Å²) in [6.45, 7) is 1.85. The minimum absolute atomic E-state index is 0.0915. The van der Waals surface area contributed by atoms with E-state index in [1.807, 2.05) is 48.5 Å². The van der Waals surface area contributed by atoms with Crippen molar-refractivity contribution in [1.82, 2.24) is 5.32 Å². The van der Waals surface area contributed by atoms with Crippen molar-refractivity contribution in [3.8, 4) is 11.5 Å². The van der Waals surface area contributed by atoms with Gasteiger partial charge in [-0.15, -0.1) is 0 Å². The maximum Gasteiger partial charge on any atom is 0.335 e. The molecule has 0 bridgehead atoms. The summed E-state index contributed by atoms with van der Waals surface area (Å²) in [5, 5.41) is 2.40. The van der Waals surface area contributed by atoms with Crippen molar-refractivity contribution in [2.75, 3.05) is 37.1 Å². The number of methoxy groups -OCH3 is 2. The van der Waals surface area contributed by atoms with E-state index in [-0.39, 0.29) is 17.4 Å². The summed E-state index contributed by atoms with van der Waals surface area (Å²) in [5.41, 5.74) is 6.52. The number of anilines is 2. The summed E-state index contributed by atoms with van der Waals surface area (Å²) in [4.78, 5) is 44.2. The predicted molar refractivity (Wildman–Crippen MR) is 173 cm³/mol. The zero-order valence-corrected chi connectivity index (χ0v) is 25.2. The van der Waals surface area contributed by atoms with Crippen LogP contribution in [0.2, 0.25) is 0 Å². The number of carbonyl (C=O) groups is 3. The van der Waals surface area contributed by atoms with Crippen molar-refractivity contribution in [1.29, 1.82) is 0 Å². The molecule has 1 fully saturated rings. The van der Waals surface area contributed by atoms with Gasteiger partial charge < -0.3 is 14.4 Å². The van der Waals surface area contributed by atoms with Gasteiger partial charge in [0, 0.05) is 42.2 Å². The van der Waals surface area contributed by atoms with Crippen LogP contribution in [-0.4, -0.2) is 45.2 Å². The molecule has 1 saturated heterocycles. The van der Waals surface area contributed by atoms with Crippen molar-refractivity contribution < 1.29 is 23.9 Å². The van der Waals surface area contributed by atoms with Crippen molar-refractivity contribution in [2.45, 2.75) is 24.7 Å². The molecule has 0 aliphatic carbocycles. The normalized spacial score (nSPS) is 20.1. The smallest absolute Gasteiger partial charge is 0.335 e. The van der Waals surface area contributed by atoms with Crippen LogP contribution in [0.5, 0.6) is 11.5 Å². The van der Waals surface area contributed by atoms with Gasteiger partial charge >= 0.3 is 6.03 Å². The molecule has 226 valence electrons. The number of amides is 4. The molecule has 0 saturated carbocycles. The lowest BCUT2D eigenvalue weighted by atomic mass is 9.76. The number of benzene rings is 4. The molecule has 0 radical (unpaired) electrons. The zero-order chi connectivity index (χ0) is 31.1. The largest absolute Gasteiger partial charge is 0.497 e. The standard InChI is InChI=1S/C37H33N3O5/c1-44-27-14-13-25(33(22-27)45-2)19-32-35(41)38-37(43)40(36(32)42)26-20-30-28(23-9-5-3-6-10-23)15-17-39-18-16-29(31(21-26)34(30)39)24-11-7-4-8-12-24/h3-14,19-22,28-29H,15-18H2,1-2H3,(H,38,41,43)/b32-19+/t28-,29+. The van der Waals surface area contributed by atoms with E-state index in [1.54, 1.807) is 25.3 Å². The fourth-order valence-electron chi connectivity index (χ4n) is 6.95. The summed E-state index contributed by atoms with van der Waals surface area (Å²) in [6, 6.07) is 29.0. The van der Waals surface area contributed by atoms with Crippen LogP contribution in [0.15, 0.2) is 96.6 Å². The Morgan fingerprint density at radius 2 is 1.36 bits per heavy atom. The number of ether oxygens (including phenoxy) is 2. The third-order valence-corrected chi connectivity index (χ3v) is 9.10. The number of imide groups is 2. The van der Waals surface area contributed by atoms with Crippen LogP contribution < -0.4 is 24.6 Å². The molecule has 3 aliphatic rings. The monoisotopic (exact) mass is 599 g/mol. The Labute approximate surface area is 261 Å². The van der Waals surface area contributed by atoms with Gasteiger partial charge in [0.2, 0.25) is 0 Å². The van der Waals surface area contributed by atoms with E-state index < -0.39 is 17.8 Å². The van der Waals surface area contributed by atoms with Gasteiger partial charge in [0.15, 0.2) is 0 Å². The maximum atomic E-state index is 14.1. The summed E-state index contributed by atoms with van der Waals surface area (Å²) in [6.07, 6.45) is 3.28. The molecule has 8 heteroatoms. The minimum atomic E-state index is -0.771. The average molecular weight is 600 g/mol. The first kappa shape index (κ1) is 28.4. The third-order valence-electron chi connectivity index (χ3n) is 9.10. The highest BCUT2D eigenvalue weighted by molar-refractivity contribution is 6.39. The number of urea groups is 1. The van der Waals surface area contributed by atoms with Gasteiger partial charge in [0.05, 0.1) is 19.9 Å². The Balaban J connectivity index is 1.38. The Bertz CT molecular complexity index is 1760. The SMILES string of the molecule is COc1ccc(/C=C2\C(=O)NC(=O)N(c3cc4c5c(c3)[C@H](c3ccccc3)CCN5CC[C@@H]4c3ccccc3)C2=O)c(OC)c1. The highest BCUT2D eigenvalue weighted by Gasteiger charge is 2.40. The van der Waals surface area contributed by atoms with Crippen LogP contribution in [0.1, 0.15) is 52.5 Å². The lowest BCUT2D eigenvalue weighted by Crippen LogP contribution is -2.54. The van der Waals surface area contributed by atoms with E-state index in [2.05, 4.69) is 34.5 Å². The molecule has 4 aromatic carbocycles. The first-order valence-electron chi connectivity index (χ1n) is 15.1. The summed E-state index contributed by atoms with van der Waals surface area (Å²) < 4.78 is 10.8. The first-order valence-corrected chi connectivity index (χ1v) is 15.1. The second-order valence-electron chi connectivity index (χ2n) is 11.5. The molecule has 4 aromatic rings. The van der Waals surface area contributed by atoms with Crippen molar-refractivity contribution in [2.24, 2.45) is 0 Å². The van der Waals surface area contributed by atoms with Crippen LogP contribution in [-0.2, 0) is 9.59 Å². The van der Waals surface area contributed by atoms with Gasteiger partial charge in [0.1, 0.15) is 17.1 Å². The molecule has 3 aliphatic heterocycles. The quantitative estimate of drug-likeness (QED) is 0.208. The van der Waals surface area contributed by atoms with E-state index in [1.165, 1.54) is 30.0 Å².